The van der Waals surface area contributed by atoms with E-state index in [1.165, 1.54) is 59.0 Å². The second kappa shape index (κ2) is 21.7. The van der Waals surface area contributed by atoms with Crippen molar-refractivity contribution in [3.05, 3.63) is 18.2 Å². The van der Waals surface area contributed by atoms with Crippen LogP contribution in [0.4, 0.5) is 0 Å². The number of hydrogen-bond donors (Lipinski definition) is 11. The van der Waals surface area contributed by atoms with Crippen molar-refractivity contribution in [1.29, 1.82) is 0 Å². The molecule has 0 radical (unpaired) electrons. The van der Waals surface area contributed by atoms with Crippen LogP contribution in [0.2, 0.25) is 0 Å². The molecule has 0 saturated carbocycles. The number of primary amides is 1. The molecule has 0 aliphatic carbocycles. The van der Waals surface area contributed by atoms with Gasteiger partial charge in [0.25, 0.3) is 0 Å². The SMILES string of the molecule is C[C@H](NC(=O)CNC(=O)[C@@H]1CCCN1C(=O)[C@H](C)NC(=O)[C@H](C)NC(=O)[C@H](C)NC(=O)CNC(=O)[C@H](C)NC(=O)[C@H](C)NC(=O)[C@@H](N)Cc1cnc[nH]1)C(N)=O. The molecular weight excluding hydrogens is 738 g/mol. The first-order chi connectivity index (χ1) is 26.2. The van der Waals surface area contributed by atoms with Crippen LogP contribution in [0.5, 0.6) is 0 Å². The van der Waals surface area contributed by atoms with Crippen LogP contribution in [0.15, 0.2) is 12.5 Å². The molecule has 1 aliphatic heterocycles. The van der Waals surface area contributed by atoms with Gasteiger partial charge in [-0.2, -0.15) is 0 Å². The summed E-state index contributed by atoms with van der Waals surface area (Å²) in [6, 6.07) is -8.34. The van der Waals surface area contributed by atoms with E-state index in [0.717, 1.165) is 0 Å². The fourth-order valence-electron chi connectivity index (χ4n) is 5.20. The number of aromatic amines is 1. The largest absolute Gasteiger partial charge is 0.368 e. The van der Waals surface area contributed by atoms with E-state index in [9.17, 15) is 47.9 Å². The third-order valence-corrected chi connectivity index (χ3v) is 8.58. The van der Waals surface area contributed by atoms with Crippen molar-refractivity contribution >= 4 is 59.1 Å². The molecule has 1 saturated heterocycles. The number of likely N-dealkylation sites (tertiary alicyclic amines) is 1. The quantitative estimate of drug-likeness (QED) is 0.0588. The Balaban J connectivity index is 1.74. The predicted octanol–water partition coefficient (Wildman–Crippen LogP) is -5.98. The van der Waals surface area contributed by atoms with E-state index >= 15 is 0 Å². The summed E-state index contributed by atoms with van der Waals surface area (Å²) >= 11 is 0. The zero-order chi connectivity index (χ0) is 42.3. The summed E-state index contributed by atoms with van der Waals surface area (Å²) < 4.78 is 0. The van der Waals surface area contributed by atoms with E-state index in [1.54, 1.807) is 0 Å². The number of hydrogen-bond acceptors (Lipinski definition) is 12. The first-order valence-corrected chi connectivity index (χ1v) is 17.9. The monoisotopic (exact) mass is 791 g/mol. The van der Waals surface area contributed by atoms with Crippen molar-refractivity contribution in [1.82, 2.24) is 57.4 Å². The molecule has 2 rings (SSSR count). The van der Waals surface area contributed by atoms with Crippen LogP contribution < -0.4 is 54.0 Å². The molecule has 2 heterocycles. The Bertz CT molecular complexity index is 1620. The summed E-state index contributed by atoms with van der Waals surface area (Å²) in [5, 5.41) is 19.2. The number of nitrogens with two attached hydrogens (primary N) is 2. The summed E-state index contributed by atoms with van der Waals surface area (Å²) in [5.74, 6) is -6.80. The minimum Gasteiger partial charge on any atom is -0.368 e. The maximum atomic E-state index is 13.2. The van der Waals surface area contributed by atoms with E-state index in [4.69, 9.17) is 11.5 Å². The van der Waals surface area contributed by atoms with Gasteiger partial charge in [-0.05, 0) is 54.4 Å². The Morgan fingerprint density at radius 1 is 0.696 bits per heavy atom. The van der Waals surface area contributed by atoms with Crippen molar-refractivity contribution in [2.75, 3.05) is 19.6 Å². The van der Waals surface area contributed by atoms with E-state index in [2.05, 4.69) is 52.5 Å². The number of amides is 10. The third kappa shape index (κ3) is 14.6. The van der Waals surface area contributed by atoms with Crippen molar-refractivity contribution in [2.24, 2.45) is 11.5 Å². The van der Waals surface area contributed by atoms with E-state index in [-0.39, 0.29) is 13.0 Å². The highest BCUT2D eigenvalue weighted by Gasteiger charge is 2.37. The minimum absolute atomic E-state index is 0.163. The van der Waals surface area contributed by atoms with Gasteiger partial charge in [0.2, 0.25) is 59.1 Å². The Kier molecular flexibility index (Phi) is 17.8. The molecule has 0 spiro atoms. The van der Waals surface area contributed by atoms with Gasteiger partial charge in [-0.1, -0.05) is 0 Å². The molecule has 56 heavy (non-hydrogen) atoms. The van der Waals surface area contributed by atoms with Crippen LogP contribution in [-0.4, -0.2) is 142 Å². The van der Waals surface area contributed by atoms with Crippen molar-refractivity contribution in [3.63, 3.8) is 0 Å². The van der Waals surface area contributed by atoms with E-state index in [1.807, 2.05) is 0 Å². The zero-order valence-electron chi connectivity index (χ0n) is 32.1. The average Bonchev–Trinajstić information content (AvgIpc) is 3.85. The lowest BCUT2D eigenvalue weighted by Crippen LogP contribution is -2.57. The molecule has 1 aliphatic rings. The fourth-order valence-corrected chi connectivity index (χ4v) is 5.20. The maximum absolute atomic E-state index is 13.2. The fraction of sp³-hybridized carbons (Fsp3) is 0.606. The summed E-state index contributed by atoms with van der Waals surface area (Å²) in [4.78, 5) is 132. The second-order valence-electron chi connectivity index (χ2n) is 13.4. The number of carbonyl (C=O) groups is 10. The van der Waals surface area contributed by atoms with Crippen LogP contribution in [-0.2, 0) is 54.4 Å². The molecule has 1 aromatic heterocycles. The number of nitrogens with zero attached hydrogens (tertiary/aromatic N) is 2. The van der Waals surface area contributed by atoms with Crippen molar-refractivity contribution in [2.45, 2.75) is 109 Å². The topological polar surface area (TPSA) is 351 Å². The van der Waals surface area contributed by atoms with Gasteiger partial charge in [-0.15, -0.1) is 0 Å². The number of nitrogens with one attached hydrogen (secondary N) is 9. The van der Waals surface area contributed by atoms with Crippen LogP contribution in [0.25, 0.3) is 0 Å². The standard InChI is InChI=1S/C33H53N13O10/c1-15(26(35)49)40-24(47)13-38-32(55)23-8-7-9-46(23)33(56)20(6)45-30(53)18(4)43-28(51)17(3)41-25(48)12-37-27(50)16(2)42-29(52)19(5)44-31(54)22(34)10-21-11-36-14-39-21/h11,14-20,22-23H,7-10,12-13,34H2,1-6H3,(H2,35,49)(H,36,39)(H,37,50)(H,38,55)(H,40,47)(H,41,48)(H,42,52)(H,43,51)(H,44,54)(H,45,53)/t15-,16-,17-,18-,19-,20-,22-,23-/m0/s1. The molecule has 0 unspecified atom stereocenters. The van der Waals surface area contributed by atoms with Gasteiger partial charge in [-0.3, -0.25) is 47.9 Å². The Hall–Kier alpha value is -6.13. The lowest BCUT2D eigenvalue weighted by molar-refractivity contribution is -0.141. The number of H-pyrrole nitrogens is 1. The Labute approximate surface area is 322 Å². The van der Waals surface area contributed by atoms with E-state index < -0.39 is 120 Å². The van der Waals surface area contributed by atoms with Gasteiger partial charge in [0.1, 0.15) is 42.3 Å². The van der Waals surface area contributed by atoms with Crippen LogP contribution in [0, 0.1) is 0 Å². The molecule has 310 valence electrons. The first-order valence-electron chi connectivity index (χ1n) is 17.9. The van der Waals surface area contributed by atoms with Gasteiger partial charge in [0.05, 0.1) is 25.5 Å². The first kappa shape index (κ1) is 46.0. The van der Waals surface area contributed by atoms with E-state index in [0.29, 0.717) is 18.5 Å². The molecule has 1 fully saturated rings. The van der Waals surface area contributed by atoms with Crippen molar-refractivity contribution in [3.8, 4) is 0 Å². The number of aromatic nitrogens is 2. The average molecular weight is 792 g/mol. The smallest absolute Gasteiger partial charge is 0.245 e. The maximum Gasteiger partial charge on any atom is 0.245 e. The molecule has 8 atom stereocenters. The summed E-state index contributed by atoms with van der Waals surface area (Å²) in [6.45, 7) is 7.48. The van der Waals surface area contributed by atoms with Gasteiger partial charge >= 0.3 is 0 Å². The molecule has 0 bridgehead atoms. The van der Waals surface area contributed by atoms with Crippen molar-refractivity contribution < 1.29 is 47.9 Å². The van der Waals surface area contributed by atoms with Gasteiger partial charge in [0.15, 0.2) is 0 Å². The molecule has 23 heteroatoms. The summed E-state index contributed by atoms with van der Waals surface area (Å²) in [5.41, 5.74) is 11.6. The van der Waals surface area contributed by atoms with Gasteiger partial charge < -0.3 is 63.9 Å². The van der Waals surface area contributed by atoms with Gasteiger partial charge in [-0.25, -0.2) is 4.98 Å². The lowest BCUT2D eigenvalue weighted by atomic mass is 10.1. The molecule has 13 N–H and O–H groups in total. The minimum atomic E-state index is -1.15. The lowest BCUT2D eigenvalue weighted by Gasteiger charge is -2.28. The Morgan fingerprint density at radius 2 is 1.18 bits per heavy atom. The van der Waals surface area contributed by atoms with Crippen LogP contribution in [0.3, 0.4) is 0 Å². The molecule has 10 amide bonds. The van der Waals surface area contributed by atoms with Gasteiger partial charge in [0, 0.05) is 24.9 Å². The molecule has 1 aromatic rings. The highest BCUT2D eigenvalue weighted by molar-refractivity contribution is 5.97. The molecule has 0 aromatic carbocycles. The van der Waals surface area contributed by atoms with Crippen LogP contribution >= 0.6 is 0 Å². The normalized spacial score (nSPS) is 17.3. The summed E-state index contributed by atoms with van der Waals surface area (Å²) in [7, 11) is 0. The number of imidazole rings is 1. The number of carbonyl (C=O) groups excluding carboxylic acids is 10. The zero-order valence-corrected chi connectivity index (χ0v) is 32.1. The third-order valence-electron chi connectivity index (χ3n) is 8.58. The number of rotatable bonds is 20. The highest BCUT2D eigenvalue weighted by atomic mass is 16.2. The highest BCUT2D eigenvalue weighted by Crippen LogP contribution is 2.18. The Morgan fingerprint density at radius 3 is 1.71 bits per heavy atom. The van der Waals surface area contributed by atoms with Crippen LogP contribution in [0.1, 0.15) is 60.1 Å². The second-order valence-corrected chi connectivity index (χ2v) is 13.4. The summed E-state index contributed by atoms with van der Waals surface area (Å²) in [6.07, 6.45) is 3.93. The molecular formula is C33H53N13O10. The predicted molar refractivity (Wildman–Crippen MR) is 196 cm³/mol. The molecule has 23 nitrogen and oxygen atoms in total.